The van der Waals surface area contributed by atoms with Crippen LogP contribution >= 0.6 is 0 Å². The number of hydrogen-bond acceptors (Lipinski definition) is 2. The third kappa shape index (κ3) is 2.96. The predicted molar refractivity (Wildman–Crippen MR) is 56.0 cm³/mol. The van der Waals surface area contributed by atoms with Gasteiger partial charge in [0.2, 0.25) is 0 Å². The van der Waals surface area contributed by atoms with Gasteiger partial charge in [-0.2, -0.15) is 0 Å². The van der Waals surface area contributed by atoms with E-state index in [1.165, 1.54) is 19.4 Å². The highest BCUT2D eigenvalue weighted by molar-refractivity contribution is 4.81. The molecule has 1 saturated heterocycles. The maximum absolute atomic E-state index is 5.91. The Labute approximate surface area is 82.3 Å². The van der Waals surface area contributed by atoms with Crippen molar-refractivity contribution in [2.45, 2.75) is 58.3 Å². The number of likely N-dealkylation sites (N-methyl/N-ethyl adjacent to an activating group) is 1. The molecule has 0 spiro atoms. The van der Waals surface area contributed by atoms with E-state index in [1.807, 2.05) is 0 Å². The molecule has 3 unspecified atom stereocenters. The van der Waals surface area contributed by atoms with E-state index in [1.54, 1.807) is 0 Å². The molecule has 1 aliphatic heterocycles. The maximum atomic E-state index is 5.91. The molecule has 0 aromatic carbocycles. The van der Waals surface area contributed by atoms with E-state index in [2.05, 4.69) is 32.7 Å². The fraction of sp³-hybridized carbons (Fsp3) is 1.00. The lowest BCUT2D eigenvalue weighted by atomic mass is 10.1. The molecule has 13 heavy (non-hydrogen) atoms. The molecule has 0 aromatic rings. The number of ether oxygens (including phenoxy) is 1. The van der Waals surface area contributed by atoms with Gasteiger partial charge in [0.05, 0.1) is 12.2 Å². The van der Waals surface area contributed by atoms with Gasteiger partial charge in [0.1, 0.15) is 0 Å². The van der Waals surface area contributed by atoms with Crippen LogP contribution in [-0.2, 0) is 4.74 Å². The largest absolute Gasteiger partial charge is 0.374 e. The Bertz CT molecular complexity index is 149. The summed E-state index contributed by atoms with van der Waals surface area (Å²) in [7, 11) is 2.20. The number of hydrogen-bond donors (Lipinski definition) is 0. The van der Waals surface area contributed by atoms with Gasteiger partial charge in [0.25, 0.3) is 0 Å². The van der Waals surface area contributed by atoms with Crippen molar-refractivity contribution in [1.82, 2.24) is 4.90 Å². The van der Waals surface area contributed by atoms with Crippen molar-refractivity contribution < 1.29 is 4.74 Å². The first-order valence-corrected chi connectivity index (χ1v) is 5.50. The first kappa shape index (κ1) is 11.0. The van der Waals surface area contributed by atoms with Gasteiger partial charge in [0, 0.05) is 6.04 Å². The van der Waals surface area contributed by atoms with Crippen LogP contribution in [0.1, 0.15) is 40.0 Å². The molecule has 78 valence electrons. The summed E-state index contributed by atoms with van der Waals surface area (Å²) in [6.07, 6.45) is 4.54. The van der Waals surface area contributed by atoms with E-state index in [-0.39, 0.29) is 0 Å². The molecule has 0 N–H and O–H groups in total. The lowest BCUT2D eigenvalue weighted by Gasteiger charge is -2.28. The molecule has 0 bridgehead atoms. The summed E-state index contributed by atoms with van der Waals surface area (Å²) in [5.41, 5.74) is 0. The Morgan fingerprint density at radius 3 is 2.62 bits per heavy atom. The fourth-order valence-corrected chi connectivity index (χ4v) is 2.08. The molecule has 0 radical (unpaired) electrons. The Kier molecular flexibility index (Phi) is 4.20. The van der Waals surface area contributed by atoms with Gasteiger partial charge >= 0.3 is 0 Å². The SMILES string of the molecule is CCC(C)OC(C)C1CCCN1C. The molecule has 1 rings (SSSR count). The first-order chi connectivity index (χ1) is 6.15. The topological polar surface area (TPSA) is 12.5 Å². The van der Waals surface area contributed by atoms with Crippen LogP contribution in [-0.4, -0.2) is 36.7 Å². The monoisotopic (exact) mass is 185 g/mol. The summed E-state index contributed by atoms with van der Waals surface area (Å²) < 4.78 is 5.91. The molecule has 0 aromatic heterocycles. The molecular formula is C11H23NO. The first-order valence-electron chi connectivity index (χ1n) is 5.50. The predicted octanol–water partition coefficient (Wildman–Crippen LogP) is 2.28. The molecule has 0 aliphatic carbocycles. The highest BCUT2D eigenvalue weighted by atomic mass is 16.5. The quantitative estimate of drug-likeness (QED) is 0.666. The van der Waals surface area contributed by atoms with E-state index < -0.39 is 0 Å². The average molecular weight is 185 g/mol. The fourth-order valence-electron chi connectivity index (χ4n) is 2.08. The third-order valence-corrected chi connectivity index (χ3v) is 3.14. The smallest absolute Gasteiger partial charge is 0.0705 e. The van der Waals surface area contributed by atoms with Gasteiger partial charge in [-0.15, -0.1) is 0 Å². The minimum atomic E-state index is 0.391. The highest BCUT2D eigenvalue weighted by Gasteiger charge is 2.27. The number of nitrogens with zero attached hydrogens (tertiary/aromatic N) is 1. The van der Waals surface area contributed by atoms with Crippen LogP contribution in [0.4, 0.5) is 0 Å². The Morgan fingerprint density at radius 1 is 1.46 bits per heavy atom. The van der Waals surface area contributed by atoms with Crippen LogP contribution in [0.25, 0.3) is 0 Å². The van der Waals surface area contributed by atoms with Crippen molar-refractivity contribution in [3.63, 3.8) is 0 Å². The van der Waals surface area contributed by atoms with E-state index in [0.29, 0.717) is 18.2 Å². The standard InChI is InChI=1S/C11H23NO/c1-5-9(2)13-10(3)11-7-6-8-12(11)4/h9-11H,5-8H2,1-4H3. The van der Waals surface area contributed by atoms with Gasteiger partial charge in [-0.25, -0.2) is 0 Å². The second kappa shape index (κ2) is 4.97. The molecule has 2 heteroatoms. The van der Waals surface area contributed by atoms with Crippen LogP contribution in [0.5, 0.6) is 0 Å². The lowest BCUT2D eigenvalue weighted by Crippen LogP contribution is -2.37. The minimum Gasteiger partial charge on any atom is -0.374 e. The average Bonchev–Trinajstić information content (AvgIpc) is 2.51. The zero-order chi connectivity index (χ0) is 9.84. The molecule has 0 saturated carbocycles. The van der Waals surface area contributed by atoms with Gasteiger partial charge in [-0.1, -0.05) is 6.92 Å². The number of likely N-dealkylation sites (tertiary alicyclic amines) is 1. The van der Waals surface area contributed by atoms with E-state index in [9.17, 15) is 0 Å². The Balaban J connectivity index is 2.33. The van der Waals surface area contributed by atoms with Crippen LogP contribution in [0.3, 0.4) is 0 Å². The van der Waals surface area contributed by atoms with Crippen molar-refractivity contribution in [2.75, 3.05) is 13.6 Å². The summed E-state index contributed by atoms with van der Waals surface area (Å²) in [5.74, 6) is 0. The van der Waals surface area contributed by atoms with E-state index >= 15 is 0 Å². The molecule has 1 fully saturated rings. The van der Waals surface area contributed by atoms with Crippen LogP contribution < -0.4 is 0 Å². The summed E-state index contributed by atoms with van der Waals surface area (Å²) in [5, 5.41) is 0. The summed E-state index contributed by atoms with van der Waals surface area (Å²) in [6.45, 7) is 7.78. The molecule has 1 heterocycles. The normalized spacial score (nSPS) is 29.1. The number of rotatable bonds is 4. The second-order valence-electron chi connectivity index (χ2n) is 4.25. The van der Waals surface area contributed by atoms with E-state index in [4.69, 9.17) is 4.74 Å². The van der Waals surface area contributed by atoms with Gasteiger partial charge in [-0.05, 0) is 46.7 Å². The van der Waals surface area contributed by atoms with Gasteiger partial charge in [-0.3, -0.25) is 0 Å². The molecule has 3 atom stereocenters. The van der Waals surface area contributed by atoms with Crippen LogP contribution in [0.2, 0.25) is 0 Å². The third-order valence-electron chi connectivity index (χ3n) is 3.14. The van der Waals surface area contributed by atoms with Gasteiger partial charge in [0.15, 0.2) is 0 Å². The molecular weight excluding hydrogens is 162 g/mol. The molecule has 0 amide bonds. The van der Waals surface area contributed by atoms with Crippen LogP contribution in [0, 0.1) is 0 Å². The van der Waals surface area contributed by atoms with Crippen molar-refractivity contribution in [2.24, 2.45) is 0 Å². The Morgan fingerprint density at radius 2 is 2.15 bits per heavy atom. The summed E-state index contributed by atoms with van der Waals surface area (Å²) >= 11 is 0. The zero-order valence-corrected chi connectivity index (χ0v) is 9.42. The Hall–Kier alpha value is -0.0800. The van der Waals surface area contributed by atoms with Crippen molar-refractivity contribution in [3.05, 3.63) is 0 Å². The maximum Gasteiger partial charge on any atom is 0.0705 e. The summed E-state index contributed by atoms with van der Waals surface area (Å²) in [4.78, 5) is 2.42. The van der Waals surface area contributed by atoms with Crippen molar-refractivity contribution in [1.29, 1.82) is 0 Å². The zero-order valence-electron chi connectivity index (χ0n) is 9.42. The van der Waals surface area contributed by atoms with Crippen molar-refractivity contribution in [3.8, 4) is 0 Å². The second-order valence-corrected chi connectivity index (χ2v) is 4.25. The highest BCUT2D eigenvalue weighted by Crippen LogP contribution is 2.20. The summed E-state index contributed by atoms with van der Waals surface area (Å²) in [6, 6.07) is 0.647. The van der Waals surface area contributed by atoms with E-state index in [0.717, 1.165) is 6.42 Å². The van der Waals surface area contributed by atoms with Gasteiger partial charge < -0.3 is 9.64 Å². The van der Waals surface area contributed by atoms with Crippen molar-refractivity contribution >= 4 is 0 Å². The van der Waals surface area contributed by atoms with Crippen LogP contribution in [0.15, 0.2) is 0 Å². The molecule has 1 aliphatic rings. The molecule has 2 nitrogen and oxygen atoms in total. The minimum absolute atomic E-state index is 0.391. The lowest BCUT2D eigenvalue weighted by molar-refractivity contribution is -0.0295.